The highest BCUT2D eigenvalue weighted by molar-refractivity contribution is 8.77. The van der Waals surface area contributed by atoms with Crippen molar-refractivity contribution >= 4 is 80.4 Å². The van der Waals surface area contributed by atoms with Gasteiger partial charge in [0.25, 0.3) is 11.8 Å². The third-order valence-electron chi connectivity index (χ3n) is 13.3. The van der Waals surface area contributed by atoms with Crippen molar-refractivity contribution in [2.75, 3.05) is 38.4 Å². The van der Waals surface area contributed by atoms with Crippen LogP contribution in [0, 0.1) is 11.8 Å². The highest BCUT2D eigenvalue weighted by Crippen LogP contribution is 2.49. The number of rotatable bonds is 17. The number of alkyl carbamates (subject to hydrolysis) is 1. The third kappa shape index (κ3) is 13.7. The molecule has 68 heavy (non-hydrogen) atoms. The second-order valence-electron chi connectivity index (χ2n) is 19.1. The molecule has 4 aliphatic rings. The van der Waals surface area contributed by atoms with Crippen molar-refractivity contribution in [3.05, 3.63) is 58.7 Å². The molecule has 2 saturated heterocycles. The van der Waals surface area contributed by atoms with Crippen LogP contribution in [0.1, 0.15) is 105 Å². The molecule has 2 fully saturated rings. The van der Waals surface area contributed by atoms with E-state index >= 15 is 0 Å². The number of imide groups is 1. The van der Waals surface area contributed by atoms with E-state index in [2.05, 4.69) is 5.32 Å². The molecule has 1 aromatic carbocycles. The molecule has 19 heteroatoms. The number of allylic oxidation sites excluding steroid dienone is 3. The van der Waals surface area contributed by atoms with E-state index in [9.17, 15) is 38.7 Å². The third-order valence-corrected chi connectivity index (χ3v) is 17.1. The molecule has 0 spiro atoms. The maximum absolute atomic E-state index is 14.3. The molecule has 0 radical (unpaired) electrons. The SMILES string of the molecule is COc1cc2cc(c1Cl)N(C)C(=O)CC(OC(=O)[C@H](C)N(C)C(=O)CCC(C)(C)SSCCCC(=O)CCCN1C(=O)C=CC1=O)[C@@]1(C)O[C@@H]1C(C)C1CC(O)(NC(=O)O1)C(C)/C=C/C=C(\C)C2. The molecular weight excluding hydrogens is 936 g/mol. The molecule has 0 aromatic heterocycles. The fraction of sp³-hybridized carbons (Fsp3) is 0.612. The molecule has 0 aliphatic carbocycles. The smallest absolute Gasteiger partial charge is 0.409 e. The van der Waals surface area contributed by atoms with Crippen molar-refractivity contribution in [3.8, 4) is 5.75 Å². The number of likely N-dealkylation sites (N-methyl/N-ethyl adjacent to an activating group) is 1. The standard InChI is InChI=1S/C49H67ClN4O12S2/c1-29-14-11-15-30(2)49(62)28-37(64-46(61)51-49)31(3)44-48(7,66-44)38(27-42(59)53(9)35-25-33(24-29)26-36(63-10)43(35)50)65-45(60)32(4)52(8)39(56)20-21-47(5,6)68-67-23-13-17-34(55)16-12-22-54-40(57)18-19-41(54)58/h11,14-15,18-19,25-26,30-32,37-38,44,62H,12-13,16-17,20-24,27-28H2,1-10H3,(H,51,61)/b15-11+,29-14+/t30?,31?,32-,37?,38?,44+,48+,49?/m0/s1. The van der Waals surface area contributed by atoms with Crippen LogP contribution < -0.4 is 15.0 Å². The number of carbonyl (C=O) groups excluding carboxylic acids is 7. The van der Waals surface area contributed by atoms with Gasteiger partial charge in [-0.25, -0.2) is 9.59 Å². The van der Waals surface area contributed by atoms with Crippen LogP contribution in [-0.4, -0.2) is 130 Å². The summed E-state index contributed by atoms with van der Waals surface area (Å²) in [5, 5.41) is 14.6. The van der Waals surface area contributed by atoms with Crippen LogP contribution in [0.15, 0.2) is 48.1 Å². The van der Waals surface area contributed by atoms with Gasteiger partial charge in [-0.15, -0.1) is 0 Å². The number of nitrogens with one attached hydrogen (secondary N) is 1. The Morgan fingerprint density at radius 2 is 1.76 bits per heavy atom. The summed E-state index contributed by atoms with van der Waals surface area (Å²) in [5.41, 5.74) is -0.721. The summed E-state index contributed by atoms with van der Waals surface area (Å²) in [6.07, 6.45) is 7.22. The van der Waals surface area contributed by atoms with E-state index in [0.717, 1.165) is 21.8 Å². The van der Waals surface area contributed by atoms with E-state index in [1.807, 2.05) is 45.9 Å². The van der Waals surface area contributed by atoms with Gasteiger partial charge in [0.1, 0.15) is 46.1 Å². The molecule has 1 aromatic rings. The Kier molecular flexibility index (Phi) is 18.5. The molecule has 0 saturated carbocycles. The van der Waals surface area contributed by atoms with Crippen LogP contribution in [-0.2, 0) is 49.4 Å². The summed E-state index contributed by atoms with van der Waals surface area (Å²) >= 11 is 6.81. The molecular formula is C49H67ClN4O12S2. The van der Waals surface area contributed by atoms with Gasteiger partial charge in [-0.05, 0) is 78.0 Å². The van der Waals surface area contributed by atoms with Gasteiger partial charge < -0.3 is 33.9 Å². The van der Waals surface area contributed by atoms with E-state index in [0.29, 0.717) is 50.0 Å². The predicted molar refractivity (Wildman–Crippen MR) is 262 cm³/mol. The molecule has 8 atom stereocenters. The molecule has 4 bridgehead atoms. The number of amides is 5. The van der Waals surface area contributed by atoms with E-state index in [1.165, 1.54) is 36.1 Å². The lowest BCUT2D eigenvalue weighted by Crippen LogP contribution is -2.60. The number of ether oxygens (including phenoxy) is 4. The van der Waals surface area contributed by atoms with Crippen LogP contribution >= 0.6 is 33.2 Å². The second kappa shape index (κ2) is 23.0. The Bertz CT molecular complexity index is 2180. The van der Waals surface area contributed by atoms with E-state index in [1.54, 1.807) is 61.5 Å². The van der Waals surface area contributed by atoms with Gasteiger partial charge in [0.2, 0.25) is 11.8 Å². The van der Waals surface area contributed by atoms with Crippen LogP contribution in [0.5, 0.6) is 5.75 Å². The van der Waals surface area contributed by atoms with E-state index in [4.69, 9.17) is 30.5 Å². The van der Waals surface area contributed by atoms with Crippen LogP contribution in [0.25, 0.3) is 0 Å². The van der Waals surface area contributed by atoms with Crippen molar-refractivity contribution < 1.29 is 57.6 Å². The maximum atomic E-state index is 14.3. The summed E-state index contributed by atoms with van der Waals surface area (Å²) < 4.78 is 23.5. The van der Waals surface area contributed by atoms with Gasteiger partial charge in [-0.3, -0.25) is 34.2 Å². The first kappa shape index (κ1) is 54.6. The minimum absolute atomic E-state index is 0.0357. The quantitative estimate of drug-likeness (QED) is 0.0525. The Labute approximate surface area is 412 Å². The summed E-state index contributed by atoms with van der Waals surface area (Å²) in [5.74, 6) is -2.04. The molecule has 374 valence electrons. The van der Waals surface area contributed by atoms with E-state index < -0.39 is 65.5 Å². The zero-order valence-electron chi connectivity index (χ0n) is 40.8. The number of anilines is 1. The Morgan fingerprint density at radius 3 is 2.44 bits per heavy atom. The number of fused-ring (bicyclic) bond motifs is 5. The lowest BCUT2D eigenvalue weighted by Gasteiger charge is -2.41. The van der Waals surface area contributed by atoms with Gasteiger partial charge in [0.15, 0.2) is 0 Å². The molecule has 5 unspecified atom stereocenters. The number of aliphatic hydroxyl groups is 1. The first-order valence-electron chi connectivity index (χ1n) is 23.1. The highest BCUT2D eigenvalue weighted by atomic mass is 35.5. The summed E-state index contributed by atoms with van der Waals surface area (Å²) in [6, 6.07) is 2.57. The molecule has 5 amide bonds. The number of epoxide rings is 1. The highest BCUT2D eigenvalue weighted by Gasteiger charge is 2.64. The van der Waals surface area contributed by atoms with Crippen molar-refractivity contribution in [1.29, 1.82) is 0 Å². The van der Waals surface area contributed by atoms with Gasteiger partial charge in [-0.2, -0.15) is 0 Å². The minimum atomic E-state index is -1.65. The molecule has 16 nitrogen and oxygen atoms in total. The Balaban J connectivity index is 1.23. The van der Waals surface area contributed by atoms with Gasteiger partial charge in [0.05, 0.1) is 25.3 Å². The van der Waals surface area contributed by atoms with Crippen molar-refractivity contribution in [3.63, 3.8) is 0 Å². The number of benzene rings is 1. The molecule has 4 aliphatic heterocycles. The zero-order valence-corrected chi connectivity index (χ0v) is 43.1. The first-order valence-corrected chi connectivity index (χ1v) is 25.8. The number of hydrogen-bond donors (Lipinski definition) is 2. The number of Topliss-reactive ketones (excluding diaryl/α,β-unsaturated/α-hetero) is 1. The maximum Gasteiger partial charge on any atom is 0.409 e. The number of ketones is 1. The van der Waals surface area contributed by atoms with E-state index in [-0.39, 0.29) is 59.1 Å². The number of methoxy groups -OCH3 is 1. The first-order chi connectivity index (χ1) is 31.9. The summed E-state index contributed by atoms with van der Waals surface area (Å²) in [7, 11) is 7.84. The summed E-state index contributed by atoms with van der Waals surface area (Å²) in [4.78, 5) is 94.6. The molecule has 4 heterocycles. The van der Waals surface area contributed by atoms with Crippen LogP contribution in [0.2, 0.25) is 5.02 Å². The summed E-state index contributed by atoms with van der Waals surface area (Å²) in [6.45, 7) is 13.1. The average Bonchev–Trinajstić information content (AvgIpc) is 3.88. The zero-order chi connectivity index (χ0) is 50.3. The average molecular weight is 1000 g/mol. The normalized spacial score (nSPS) is 28.2. The van der Waals surface area contributed by atoms with Gasteiger partial charge in [0, 0.05) is 80.8 Å². The number of esters is 1. The van der Waals surface area contributed by atoms with Crippen molar-refractivity contribution in [2.45, 2.75) is 147 Å². The second-order valence-corrected chi connectivity index (χ2v) is 22.6. The topological polar surface area (TPSA) is 202 Å². The number of carbonyl (C=O) groups is 7. The lowest BCUT2D eigenvalue weighted by molar-refractivity contribution is -0.162. The minimum Gasteiger partial charge on any atom is -0.495 e. The fourth-order valence-corrected chi connectivity index (χ4v) is 11.5. The van der Waals surface area contributed by atoms with Crippen LogP contribution in [0.3, 0.4) is 0 Å². The van der Waals surface area contributed by atoms with Gasteiger partial charge >= 0.3 is 12.1 Å². The van der Waals surface area contributed by atoms with Crippen molar-refractivity contribution in [1.82, 2.24) is 15.1 Å². The number of halogens is 1. The Morgan fingerprint density at radius 1 is 1.09 bits per heavy atom. The van der Waals surface area contributed by atoms with Crippen molar-refractivity contribution in [2.24, 2.45) is 11.8 Å². The van der Waals surface area contributed by atoms with Crippen LogP contribution in [0.4, 0.5) is 10.5 Å². The molecule has 5 rings (SSSR count). The monoisotopic (exact) mass is 1000 g/mol. The fourth-order valence-electron chi connectivity index (χ4n) is 8.49. The predicted octanol–water partition coefficient (Wildman–Crippen LogP) is 7.13. The number of nitrogens with zero attached hydrogens (tertiary/aromatic N) is 3. The lowest BCUT2D eigenvalue weighted by atomic mass is 9.82. The largest absolute Gasteiger partial charge is 0.495 e. The number of hydrogen-bond acceptors (Lipinski definition) is 14. The Hall–Kier alpha value is -4.36. The molecule has 2 N–H and O–H groups in total. The van der Waals surface area contributed by atoms with Gasteiger partial charge in [-0.1, -0.05) is 70.8 Å².